The first kappa shape index (κ1) is 18.7. The van der Waals surface area contributed by atoms with Crippen molar-refractivity contribution < 1.29 is 19.4 Å². The Labute approximate surface area is 158 Å². The van der Waals surface area contributed by atoms with E-state index in [1.54, 1.807) is 31.4 Å². The molecule has 1 aliphatic heterocycles. The third-order valence-electron chi connectivity index (χ3n) is 4.61. The van der Waals surface area contributed by atoms with Crippen molar-refractivity contribution in [2.75, 3.05) is 30.4 Å². The number of ether oxygens (including phenoxy) is 1. The minimum Gasteiger partial charge on any atom is -0.497 e. The predicted molar refractivity (Wildman–Crippen MR) is 103 cm³/mol. The van der Waals surface area contributed by atoms with Gasteiger partial charge in [0.05, 0.1) is 19.0 Å². The van der Waals surface area contributed by atoms with Gasteiger partial charge in [-0.25, -0.2) is 9.78 Å². The number of carbonyl (C=O) groups is 2. The van der Waals surface area contributed by atoms with Gasteiger partial charge in [0.2, 0.25) is 0 Å². The first-order chi connectivity index (χ1) is 13.1. The number of rotatable bonds is 5. The van der Waals surface area contributed by atoms with Crippen molar-refractivity contribution >= 4 is 23.4 Å². The zero-order valence-electron chi connectivity index (χ0n) is 15.3. The van der Waals surface area contributed by atoms with Gasteiger partial charge in [-0.3, -0.25) is 4.79 Å². The first-order valence-electron chi connectivity index (χ1n) is 9.02. The van der Waals surface area contributed by atoms with Crippen LogP contribution in [0.15, 0.2) is 36.5 Å². The highest BCUT2D eigenvalue weighted by Gasteiger charge is 2.20. The number of carboxylic acid groups (broad SMARTS) is 1. The number of aromatic carboxylic acids is 1. The van der Waals surface area contributed by atoms with Gasteiger partial charge < -0.3 is 20.1 Å². The zero-order chi connectivity index (χ0) is 19.2. The smallest absolute Gasteiger partial charge is 0.339 e. The number of amides is 1. The van der Waals surface area contributed by atoms with Gasteiger partial charge >= 0.3 is 5.97 Å². The minimum absolute atomic E-state index is 0.101. The maximum absolute atomic E-state index is 12.4. The van der Waals surface area contributed by atoms with E-state index < -0.39 is 5.97 Å². The van der Waals surface area contributed by atoms with E-state index in [2.05, 4.69) is 10.3 Å². The number of hydrogen-bond donors (Lipinski definition) is 2. The molecule has 1 amide bonds. The number of pyridine rings is 1. The molecular formula is C20H23N3O4. The molecule has 1 fully saturated rings. The molecule has 0 unspecified atom stereocenters. The van der Waals surface area contributed by atoms with Gasteiger partial charge in [-0.15, -0.1) is 0 Å². The van der Waals surface area contributed by atoms with E-state index in [0.717, 1.165) is 38.8 Å². The molecule has 0 spiro atoms. The van der Waals surface area contributed by atoms with Crippen LogP contribution in [-0.2, 0) is 0 Å². The lowest BCUT2D eigenvalue weighted by Gasteiger charge is -2.23. The maximum atomic E-state index is 12.4. The summed E-state index contributed by atoms with van der Waals surface area (Å²) in [6.07, 6.45) is 5.85. The lowest BCUT2D eigenvalue weighted by molar-refractivity contribution is 0.0696. The second-order valence-electron chi connectivity index (χ2n) is 6.48. The number of carboxylic acids is 1. The van der Waals surface area contributed by atoms with Crippen molar-refractivity contribution in [3.8, 4) is 5.75 Å². The lowest BCUT2D eigenvalue weighted by atomic mass is 10.2. The highest BCUT2D eigenvalue weighted by Crippen LogP contribution is 2.24. The van der Waals surface area contributed by atoms with E-state index >= 15 is 0 Å². The molecule has 2 aromatic rings. The van der Waals surface area contributed by atoms with Crippen LogP contribution in [-0.4, -0.2) is 42.2 Å². The number of methoxy groups -OCH3 is 1. The van der Waals surface area contributed by atoms with Crippen molar-refractivity contribution in [2.45, 2.75) is 25.7 Å². The van der Waals surface area contributed by atoms with E-state index in [1.165, 1.54) is 12.3 Å². The van der Waals surface area contributed by atoms with E-state index in [0.29, 0.717) is 22.8 Å². The van der Waals surface area contributed by atoms with E-state index in [-0.39, 0.29) is 11.5 Å². The molecular weight excluding hydrogens is 346 g/mol. The molecule has 7 nitrogen and oxygen atoms in total. The predicted octanol–water partition coefficient (Wildman–Crippen LogP) is 3.42. The fraction of sp³-hybridized carbons (Fsp3) is 0.350. The second kappa shape index (κ2) is 8.53. The molecule has 0 radical (unpaired) electrons. The SMILES string of the molecule is COc1ccc(C(=O)Nc2cnc(N3CCCCCC3)c(C(=O)O)c2)cc1. The Bertz CT molecular complexity index is 812. The molecule has 0 atom stereocenters. The molecule has 0 aliphatic carbocycles. The number of benzene rings is 1. The van der Waals surface area contributed by atoms with Gasteiger partial charge in [0.15, 0.2) is 0 Å². The number of carbonyl (C=O) groups excluding carboxylic acids is 1. The quantitative estimate of drug-likeness (QED) is 0.839. The third kappa shape index (κ3) is 4.55. The third-order valence-corrected chi connectivity index (χ3v) is 4.61. The summed E-state index contributed by atoms with van der Waals surface area (Å²) in [5, 5.41) is 12.3. The van der Waals surface area contributed by atoms with Crippen LogP contribution in [0.3, 0.4) is 0 Å². The van der Waals surface area contributed by atoms with E-state index in [9.17, 15) is 14.7 Å². The van der Waals surface area contributed by atoms with Crippen molar-refractivity contribution in [2.24, 2.45) is 0 Å². The molecule has 1 aromatic heterocycles. The van der Waals surface area contributed by atoms with Gasteiger partial charge in [0, 0.05) is 18.7 Å². The summed E-state index contributed by atoms with van der Waals surface area (Å²) < 4.78 is 5.08. The van der Waals surface area contributed by atoms with Crippen LogP contribution in [0.1, 0.15) is 46.4 Å². The highest BCUT2D eigenvalue weighted by molar-refractivity contribution is 6.05. The molecule has 7 heteroatoms. The van der Waals surface area contributed by atoms with Crippen LogP contribution in [0, 0.1) is 0 Å². The summed E-state index contributed by atoms with van der Waals surface area (Å²) in [4.78, 5) is 30.5. The minimum atomic E-state index is -1.05. The fourth-order valence-electron chi connectivity index (χ4n) is 3.16. The van der Waals surface area contributed by atoms with Crippen molar-refractivity contribution in [1.82, 2.24) is 4.98 Å². The molecule has 2 heterocycles. The Morgan fingerprint density at radius 3 is 2.37 bits per heavy atom. The van der Waals surface area contributed by atoms with Crippen molar-refractivity contribution in [1.29, 1.82) is 0 Å². The summed E-state index contributed by atoms with van der Waals surface area (Å²) in [5.41, 5.74) is 0.903. The summed E-state index contributed by atoms with van der Waals surface area (Å²) in [6, 6.07) is 8.14. The summed E-state index contributed by atoms with van der Waals surface area (Å²) in [7, 11) is 1.56. The standard InChI is InChI=1S/C20H23N3O4/c1-27-16-8-6-14(7-9-16)19(24)22-15-12-17(20(25)26)18(21-13-15)23-10-4-2-3-5-11-23/h6-9,12-13H,2-5,10-11H2,1H3,(H,22,24)(H,25,26). The molecule has 0 bridgehead atoms. The maximum Gasteiger partial charge on any atom is 0.339 e. The zero-order valence-corrected chi connectivity index (χ0v) is 15.3. The van der Waals surface area contributed by atoms with E-state index in [1.807, 2.05) is 4.90 Å². The molecule has 1 aromatic carbocycles. The van der Waals surface area contributed by atoms with Crippen molar-refractivity contribution in [3.63, 3.8) is 0 Å². The van der Waals surface area contributed by atoms with Crippen LogP contribution in [0.4, 0.5) is 11.5 Å². The molecule has 142 valence electrons. The number of hydrogen-bond acceptors (Lipinski definition) is 5. The normalized spacial score (nSPS) is 14.3. The van der Waals surface area contributed by atoms with Crippen LogP contribution in [0.2, 0.25) is 0 Å². The lowest BCUT2D eigenvalue weighted by Crippen LogP contribution is -2.27. The second-order valence-corrected chi connectivity index (χ2v) is 6.48. The highest BCUT2D eigenvalue weighted by atomic mass is 16.5. The van der Waals surface area contributed by atoms with Gasteiger partial charge in [0.1, 0.15) is 17.1 Å². The monoisotopic (exact) mass is 369 g/mol. The number of nitrogens with one attached hydrogen (secondary N) is 1. The van der Waals surface area contributed by atoms with Gasteiger partial charge in [-0.2, -0.15) is 0 Å². The Morgan fingerprint density at radius 2 is 1.78 bits per heavy atom. The molecule has 1 aliphatic rings. The largest absolute Gasteiger partial charge is 0.497 e. The summed E-state index contributed by atoms with van der Waals surface area (Å²) in [5.74, 6) is -0.268. The van der Waals surface area contributed by atoms with Gasteiger partial charge in [-0.05, 0) is 43.2 Å². The Hall–Kier alpha value is -3.09. The summed E-state index contributed by atoms with van der Waals surface area (Å²) >= 11 is 0. The van der Waals surface area contributed by atoms with Crippen LogP contribution >= 0.6 is 0 Å². The molecule has 27 heavy (non-hydrogen) atoms. The molecule has 0 saturated carbocycles. The van der Waals surface area contributed by atoms with Crippen LogP contribution < -0.4 is 15.0 Å². The molecule has 3 rings (SSSR count). The number of anilines is 2. The number of nitrogens with zero attached hydrogens (tertiary/aromatic N) is 2. The topological polar surface area (TPSA) is 91.8 Å². The van der Waals surface area contributed by atoms with Crippen LogP contribution in [0.25, 0.3) is 0 Å². The molecule has 2 N–H and O–H groups in total. The average Bonchev–Trinajstić information content (AvgIpc) is 2.97. The van der Waals surface area contributed by atoms with Gasteiger partial charge in [-0.1, -0.05) is 12.8 Å². The fourth-order valence-corrected chi connectivity index (χ4v) is 3.16. The molecule has 1 saturated heterocycles. The van der Waals surface area contributed by atoms with E-state index in [4.69, 9.17) is 4.74 Å². The first-order valence-corrected chi connectivity index (χ1v) is 9.02. The number of aromatic nitrogens is 1. The Kier molecular flexibility index (Phi) is 5.90. The Balaban J connectivity index is 1.80. The van der Waals surface area contributed by atoms with Gasteiger partial charge in [0.25, 0.3) is 5.91 Å². The Morgan fingerprint density at radius 1 is 1.11 bits per heavy atom. The van der Waals surface area contributed by atoms with Crippen LogP contribution in [0.5, 0.6) is 5.75 Å². The average molecular weight is 369 g/mol. The van der Waals surface area contributed by atoms with Crippen molar-refractivity contribution in [3.05, 3.63) is 47.7 Å². The summed E-state index contributed by atoms with van der Waals surface area (Å²) in [6.45, 7) is 1.59.